The van der Waals surface area contributed by atoms with Gasteiger partial charge in [-0.05, 0) is 58.5 Å². The van der Waals surface area contributed by atoms with E-state index in [2.05, 4.69) is 9.71 Å². The number of benzene rings is 2. The predicted molar refractivity (Wildman–Crippen MR) is 140 cm³/mol. The summed E-state index contributed by atoms with van der Waals surface area (Å²) < 4.78 is 66.5. The number of carbonyl (C=O) groups excluding carboxylic acids is 1. The van der Waals surface area contributed by atoms with Crippen LogP contribution in [0.4, 0.5) is 13.2 Å². The van der Waals surface area contributed by atoms with Crippen molar-refractivity contribution in [3.05, 3.63) is 59.6 Å². The zero-order chi connectivity index (χ0) is 29.2. The highest BCUT2D eigenvalue weighted by Gasteiger charge is 2.38. The van der Waals surface area contributed by atoms with Gasteiger partial charge in [-0.3, -0.25) is 4.79 Å². The van der Waals surface area contributed by atoms with Crippen molar-refractivity contribution in [2.45, 2.75) is 30.1 Å². The van der Waals surface area contributed by atoms with E-state index in [9.17, 15) is 31.5 Å². The molecule has 0 saturated carbocycles. The maximum Gasteiger partial charge on any atom is 0.490 e. The number of likely N-dealkylation sites (tertiary alicyclic amines) is 1. The van der Waals surface area contributed by atoms with E-state index in [4.69, 9.17) is 14.6 Å². The molecule has 10 nitrogen and oxygen atoms in total. The largest absolute Gasteiger partial charge is 0.497 e. The van der Waals surface area contributed by atoms with Crippen molar-refractivity contribution in [2.75, 3.05) is 13.7 Å². The van der Waals surface area contributed by atoms with Gasteiger partial charge in [-0.2, -0.15) is 17.9 Å². The van der Waals surface area contributed by atoms with Crippen LogP contribution in [-0.2, 0) is 26.2 Å². The molecule has 0 bridgehead atoms. The molecule has 0 spiro atoms. The van der Waals surface area contributed by atoms with Gasteiger partial charge in [-0.25, -0.2) is 18.2 Å². The first kappa shape index (κ1) is 29.0. The minimum Gasteiger partial charge on any atom is -0.497 e. The van der Waals surface area contributed by atoms with Crippen molar-refractivity contribution >= 4 is 54.1 Å². The number of pyridine rings is 1. The van der Waals surface area contributed by atoms with E-state index >= 15 is 0 Å². The smallest absolute Gasteiger partial charge is 0.490 e. The number of sulfonamides is 1. The fourth-order valence-corrected chi connectivity index (χ4v) is 6.31. The fraction of sp³-hybridized carbons (Fsp3) is 0.240. The molecule has 2 aromatic carbocycles. The van der Waals surface area contributed by atoms with Crippen LogP contribution in [0.5, 0.6) is 11.6 Å². The number of methoxy groups -OCH3 is 1. The third kappa shape index (κ3) is 6.26. The number of halogens is 3. The van der Waals surface area contributed by atoms with Crippen molar-refractivity contribution in [3.8, 4) is 11.6 Å². The predicted octanol–water partition coefficient (Wildman–Crippen LogP) is 3.88. The Morgan fingerprint density at radius 2 is 1.90 bits per heavy atom. The molecule has 0 unspecified atom stereocenters. The topological polar surface area (TPSA) is 146 Å². The molecule has 1 aliphatic rings. The minimum absolute atomic E-state index is 0.0689. The highest BCUT2D eigenvalue weighted by molar-refractivity contribution is 7.89. The van der Waals surface area contributed by atoms with E-state index in [0.717, 1.165) is 21.0 Å². The first-order valence-corrected chi connectivity index (χ1v) is 13.9. The number of carboxylic acid groups (broad SMARTS) is 1. The molecule has 0 radical (unpaired) electrons. The Balaban J connectivity index is 0.000000470. The summed E-state index contributed by atoms with van der Waals surface area (Å²) in [5.74, 6) is -2.48. The summed E-state index contributed by atoms with van der Waals surface area (Å²) in [6.45, 7) is 0.700. The lowest BCUT2D eigenvalue weighted by molar-refractivity contribution is -0.192. The van der Waals surface area contributed by atoms with Gasteiger partial charge < -0.3 is 19.8 Å². The summed E-state index contributed by atoms with van der Waals surface area (Å²) in [5, 5.41) is 21.4. The van der Waals surface area contributed by atoms with Crippen LogP contribution >= 0.6 is 11.3 Å². The SMILES string of the molecule is COc1ccc2ccc(S(=O)(=O)N[C@H]3CCN(Cc4csc5ccnc(O)c45)C3=O)cc2c1.O=C(O)C(F)(F)F. The van der Waals surface area contributed by atoms with Gasteiger partial charge in [0.05, 0.1) is 17.4 Å². The van der Waals surface area contributed by atoms with Gasteiger partial charge in [0.1, 0.15) is 11.8 Å². The third-order valence-electron chi connectivity index (χ3n) is 6.07. The van der Waals surface area contributed by atoms with E-state index in [1.807, 2.05) is 23.6 Å². The number of carbonyl (C=O) groups is 2. The van der Waals surface area contributed by atoms with Crippen LogP contribution in [0.1, 0.15) is 12.0 Å². The van der Waals surface area contributed by atoms with Crippen LogP contribution in [-0.4, -0.2) is 66.3 Å². The number of ether oxygens (including phenoxy) is 1. The highest BCUT2D eigenvalue weighted by atomic mass is 32.2. The summed E-state index contributed by atoms with van der Waals surface area (Å²) in [4.78, 5) is 27.5. The van der Waals surface area contributed by atoms with Crippen molar-refractivity contribution in [3.63, 3.8) is 0 Å². The van der Waals surface area contributed by atoms with Crippen LogP contribution in [0.25, 0.3) is 20.9 Å². The molecule has 3 N–H and O–H groups in total. The van der Waals surface area contributed by atoms with Crippen LogP contribution in [0, 0.1) is 0 Å². The lowest BCUT2D eigenvalue weighted by Gasteiger charge is -2.17. The quantitative estimate of drug-likeness (QED) is 0.304. The number of carboxylic acids is 1. The van der Waals surface area contributed by atoms with Gasteiger partial charge in [0.15, 0.2) is 0 Å². The first-order valence-electron chi connectivity index (χ1n) is 11.5. The molecule has 2 aromatic heterocycles. The Bertz CT molecular complexity index is 1690. The lowest BCUT2D eigenvalue weighted by atomic mass is 10.1. The minimum atomic E-state index is -5.08. The van der Waals surface area contributed by atoms with Gasteiger partial charge >= 0.3 is 12.1 Å². The Kier molecular flexibility index (Phi) is 8.18. The molecule has 3 heterocycles. The second-order valence-corrected chi connectivity index (χ2v) is 11.3. The van der Waals surface area contributed by atoms with Gasteiger partial charge in [0.2, 0.25) is 21.8 Å². The van der Waals surface area contributed by atoms with Crippen molar-refractivity contribution in [2.24, 2.45) is 0 Å². The van der Waals surface area contributed by atoms with Crippen LogP contribution in [0.15, 0.2) is 58.9 Å². The number of hydrogen-bond donors (Lipinski definition) is 3. The summed E-state index contributed by atoms with van der Waals surface area (Å²) in [5.41, 5.74) is 0.793. The van der Waals surface area contributed by atoms with Crippen molar-refractivity contribution < 1.29 is 46.1 Å². The number of aliphatic carboxylic acids is 1. The Morgan fingerprint density at radius 3 is 2.58 bits per heavy atom. The standard InChI is InChI=1S/C23H21N3O5S2.C2HF3O2/c1-31-17-4-2-14-3-5-18(11-15(14)10-17)33(29,30)25-19-7-9-26(23(19)28)12-16-13-32-20-6-8-24-22(27)21(16)20;3-2(4,5)1(6)7/h2-6,8,10-11,13,19,25H,7,9,12H2,1H3,(H,24,27);(H,6,7)/t19-;/m0./s1. The number of nitrogens with zero attached hydrogens (tertiary/aromatic N) is 2. The average molecular weight is 598 g/mol. The molecule has 1 fully saturated rings. The second kappa shape index (κ2) is 11.3. The molecule has 0 aliphatic carbocycles. The molecule has 15 heteroatoms. The lowest BCUT2D eigenvalue weighted by Crippen LogP contribution is -2.41. The molecule has 1 atom stereocenters. The van der Waals surface area contributed by atoms with E-state index in [-0.39, 0.29) is 23.2 Å². The second-order valence-electron chi connectivity index (χ2n) is 8.67. The number of rotatable bonds is 6. The number of thiophene rings is 1. The number of aromatic nitrogens is 1. The molecule has 1 amide bonds. The summed E-state index contributed by atoms with van der Waals surface area (Å²) in [6.07, 6.45) is -3.18. The van der Waals surface area contributed by atoms with Crippen LogP contribution in [0.3, 0.4) is 0 Å². The normalized spacial score (nSPS) is 15.8. The van der Waals surface area contributed by atoms with Gasteiger partial charge in [0.25, 0.3) is 0 Å². The first-order chi connectivity index (χ1) is 18.8. The molecule has 40 heavy (non-hydrogen) atoms. The third-order valence-corrected chi connectivity index (χ3v) is 8.54. The van der Waals surface area contributed by atoms with E-state index in [0.29, 0.717) is 24.1 Å². The number of aromatic hydroxyl groups is 1. The maximum atomic E-state index is 13.0. The zero-order valence-corrected chi connectivity index (χ0v) is 22.3. The summed E-state index contributed by atoms with van der Waals surface area (Å²) in [7, 11) is -2.35. The molecular weight excluding hydrogens is 575 g/mol. The zero-order valence-electron chi connectivity index (χ0n) is 20.7. The number of alkyl halides is 3. The van der Waals surface area contributed by atoms with E-state index in [1.165, 1.54) is 23.6 Å². The van der Waals surface area contributed by atoms with Crippen molar-refractivity contribution in [1.29, 1.82) is 0 Å². The number of hydrogen-bond acceptors (Lipinski definition) is 8. The van der Waals surface area contributed by atoms with Crippen molar-refractivity contribution in [1.82, 2.24) is 14.6 Å². The molecule has 1 aliphatic heterocycles. The number of fused-ring (bicyclic) bond motifs is 2. The van der Waals surface area contributed by atoms with Gasteiger partial charge in [0, 0.05) is 24.0 Å². The highest BCUT2D eigenvalue weighted by Crippen LogP contribution is 2.33. The number of amides is 1. The van der Waals surface area contributed by atoms with Gasteiger partial charge in [-0.15, -0.1) is 11.3 Å². The van der Waals surface area contributed by atoms with Gasteiger partial charge in [-0.1, -0.05) is 12.1 Å². The summed E-state index contributed by atoms with van der Waals surface area (Å²) in [6, 6.07) is 11.2. The molecule has 212 valence electrons. The average Bonchev–Trinajstić information content (AvgIpc) is 3.47. The molecule has 4 aromatic rings. The van der Waals surface area contributed by atoms with E-state index < -0.39 is 28.2 Å². The number of nitrogens with one attached hydrogen (secondary N) is 1. The fourth-order valence-electron chi connectivity index (χ4n) is 4.11. The van der Waals surface area contributed by atoms with E-state index in [1.54, 1.807) is 30.2 Å². The Hall–Kier alpha value is -3.95. The Labute approximate surface area is 229 Å². The molecule has 1 saturated heterocycles. The Morgan fingerprint density at radius 1 is 1.20 bits per heavy atom. The summed E-state index contributed by atoms with van der Waals surface area (Å²) >= 11 is 1.47. The molecular formula is C25H22F3N3O7S2. The molecule has 5 rings (SSSR count). The van der Waals surface area contributed by atoms with Crippen LogP contribution < -0.4 is 9.46 Å². The monoisotopic (exact) mass is 597 g/mol. The maximum absolute atomic E-state index is 13.0. The van der Waals surface area contributed by atoms with Crippen LogP contribution in [0.2, 0.25) is 0 Å².